The molecular formula is C21H14N2O2. The van der Waals surface area contributed by atoms with E-state index in [1.165, 1.54) is 0 Å². The Morgan fingerprint density at radius 2 is 1.92 bits per heavy atom. The van der Waals surface area contributed by atoms with Crippen molar-refractivity contribution in [1.29, 1.82) is 0 Å². The van der Waals surface area contributed by atoms with Gasteiger partial charge in [0.2, 0.25) is 0 Å². The first-order valence-electron chi connectivity index (χ1n) is 8.07. The number of fused-ring (bicyclic) bond motifs is 2. The third kappa shape index (κ3) is 2.31. The van der Waals surface area contributed by atoms with Crippen molar-refractivity contribution in [3.63, 3.8) is 0 Å². The van der Waals surface area contributed by atoms with Gasteiger partial charge in [-0.15, -0.1) is 0 Å². The second-order valence-corrected chi connectivity index (χ2v) is 6.10. The molecule has 0 fully saturated rings. The van der Waals surface area contributed by atoms with Crippen LogP contribution < -0.4 is 0 Å². The zero-order chi connectivity index (χ0) is 16.8. The number of hydrogen-bond acceptors (Lipinski definition) is 4. The van der Waals surface area contributed by atoms with Crippen LogP contribution in [0.4, 0.5) is 0 Å². The maximum atomic E-state index is 6.04. The van der Waals surface area contributed by atoms with Gasteiger partial charge < -0.3 is 8.83 Å². The SMILES string of the molecule is Cc1cc(-c2cc3ccccc3o2)c2ncc(-c3ccoc3)nc2c1. The molecule has 0 spiro atoms. The van der Waals surface area contributed by atoms with E-state index in [0.717, 1.165) is 50.1 Å². The van der Waals surface area contributed by atoms with Gasteiger partial charge in [0.15, 0.2) is 0 Å². The molecule has 0 aliphatic rings. The van der Waals surface area contributed by atoms with Crippen LogP contribution in [0.3, 0.4) is 0 Å². The van der Waals surface area contributed by atoms with E-state index in [4.69, 9.17) is 13.8 Å². The van der Waals surface area contributed by atoms with Crippen LogP contribution in [-0.2, 0) is 0 Å². The summed E-state index contributed by atoms with van der Waals surface area (Å²) in [5.41, 5.74) is 6.32. The first-order chi connectivity index (χ1) is 12.3. The van der Waals surface area contributed by atoms with Gasteiger partial charge in [0.1, 0.15) is 11.3 Å². The molecule has 0 atom stereocenters. The number of para-hydroxylation sites is 1. The summed E-state index contributed by atoms with van der Waals surface area (Å²) in [4.78, 5) is 9.42. The van der Waals surface area contributed by atoms with Crippen molar-refractivity contribution in [2.75, 3.05) is 0 Å². The summed E-state index contributed by atoms with van der Waals surface area (Å²) in [6.07, 6.45) is 5.08. The van der Waals surface area contributed by atoms with Crippen molar-refractivity contribution >= 4 is 22.0 Å². The minimum absolute atomic E-state index is 0.794. The number of aryl methyl sites for hydroxylation is 1. The van der Waals surface area contributed by atoms with Crippen LogP contribution >= 0.6 is 0 Å². The van der Waals surface area contributed by atoms with Crippen molar-refractivity contribution in [2.45, 2.75) is 6.92 Å². The molecule has 2 aromatic carbocycles. The lowest BCUT2D eigenvalue weighted by molar-refractivity contribution is 0.568. The molecule has 3 heterocycles. The number of hydrogen-bond donors (Lipinski definition) is 0. The summed E-state index contributed by atoms with van der Waals surface area (Å²) < 4.78 is 11.2. The first-order valence-corrected chi connectivity index (χ1v) is 8.07. The summed E-state index contributed by atoms with van der Waals surface area (Å²) >= 11 is 0. The molecule has 0 aliphatic carbocycles. The summed E-state index contributed by atoms with van der Waals surface area (Å²) in [5, 5.41) is 1.08. The second-order valence-electron chi connectivity index (χ2n) is 6.10. The van der Waals surface area contributed by atoms with Crippen molar-refractivity contribution in [3.8, 4) is 22.6 Å². The largest absolute Gasteiger partial charge is 0.472 e. The summed E-state index contributed by atoms with van der Waals surface area (Å²) in [5.74, 6) is 0.806. The van der Waals surface area contributed by atoms with Crippen LogP contribution in [0.2, 0.25) is 0 Å². The number of nitrogens with zero attached hydrogens (tertiary/aromatic N) is 2. The third-order valence-electron chi connectivity index (χ3n) is 4.30. The van der Waals surface area contributed by atoms with Gasteiger partial charge in [0.25, 0.3) is 0 Å². The molecule has 5 rings (SSSR count). The van der Waals surface area contributed by atoms with Gasteiger partial charge >= 0.3 is 0 Å². The van der Waals surface area contributed by atoms with Crippen molar-refractivity contribution in [1.82, 2.24) is 9.97 Å². The predicted molar refractivity (Wildman–Crippen MR) is 97.2 cm³/mol. The van der Waals surface area contributed by atoms with Gasteiger partial charge in [-0.1, -0.05) is 18.2 Å². The highest BCUT2D eigenvalue weighted by molar-refractivity contribution is 5.94. The molecule has 0 unspecified atom stereocenters. The molecule has 5 aromatic rings. The average Bonchev–Trinajstić information content (AvgIpc) is 3.30. The van der Waals surface area contributed by atoms with E-state index in [0.29, 0.717) is 0 Å². The Balaban J connectivity index is 1.75. The number of benzene rings is 2. The molecule has 3 aromatic heterocycles. The summed E-state index contributed by atoms with van der Waals surface area (Å²) in [7, 11) is 0. The van der Waals surface area contributed by atoms with E-state index < -0.39 is 0 Å². The number of aromatic nitrogens is 2. The minimum atomic E-state index is 0.794. The Kier molecular flexibility index (Phi) is 2.97. The Morgan fingerprint density at radius 1 is 1.00 bits per heavy atom. The topological polar surface area (TPSA) is 52.1 Å². The minimum Gasteiger partial charge on any atom is -0.472 e. The molecule has 0 amide bonds. The van der Waals surface area contributed by atoms with Crippen molar-refractivity contribution < 1.29 is 8.83 Å². The van der Waals surface area contributed by atoms with Crippen LogP contribution in [0.1, 0.15) is 5.56 Å². The second kappa shape index (κ2) is 5.31. The average molecular weight is 326 g/mol. The first kappa shape index (κ1) is 14.0. The van der Waals surface area contributed by atoms with E-state index in [2.05, 4.69) is 24.0 Å². The zero-order valence-corrected chi connectivity index (χ0v) is 13.6. The number of furan rings is 2. The van der Waals surface area contributed by atoms with Crippen molar-refractivity contribution in [2.24, 2.45) is 0 Å². The molecule has 0 saturated heterocycles. The van der Waals surface area contributed by atoms with Gasteiger partial charge in [0.05, 0.1) is 35.5 Å². The van der Waals surface area contributed by atoms with Crippen LogP contribution in [0, 0.1) is 6.92 Å². The van der Waals surface area contributed by atoms with Gasteiger partial charge in [-0.05, 0) is 42.8 Å². The molecule has 0 N–H and O–H groups in total. The molecule has 0 aliphatic heterocycles. The van der Waals surface area contributed by atoms with Crippen LogP contribution in [0.5, 0.6) is 0 Å². The highest BCUT2D eigenvalue weighted by atomic mass is 16.3. The smallest absolute Gasteiger partial charge is 0.137 e. The highest BCUT2D eigenvalue weighted by Gasteiger charge is 2.13. The summed E-state index contributed by atoms with van der Waals surface area (Å²) in [6.45, 7) is 2.05. The quantitative estimate of drug-likeness (QED) is 0.423. The fraction of sp³-hybridized carbons (Fsp3) is 0.0476. The molecule has 0 bridgehead atoms. The molecule has 4 nitrogen and oxygen atoms in total. The van der Waals surface area contributed by atoms with Crippen molar-refractivity contribution in [3.05, 3.63) is 72.8 Å². The maximum Gasteiger partial charge on any atom is 0.137 e. The molecule has 25 heavy (non-hydrogen) atoms. The highest BCUT2D eigenvalue weighted by Crippen LogP contribution is 2.33. The van der Waals surface area contributed by atoms with Crippen LogP contribution in [-0.4, -0.2) is 9.97 Å². The van der Waals surface area contributed by atoms with E-state index in [1.54, 1.807) is 18.7 Å². The molecule has 4 heteroatoms. The van der Waals surface area contributed by atoms with E-state index >= 15 is 0 Å². The maximum absolute atomic E-state index is 6.04. The fourth-order valence-electron chi connectivity index (χ4n) is 3.12. The Bertz CT molecular complexity index is 1170. The molecule has 0 radical (unpaired) electrons. The van der Waals surface area contributed by atoms with Gasteiger partial charge in [-0.25, -0.2) is 4.98 Å². The van der Waals surface area contributed by atoms with E-state index in [9.17, 15) is 0 Å². The van der Waals surface area contributed by atoms with Gasteiger partial charge in [-0.2, -0.15) is 0 Å². The third-order valence-corrected chi connectivity index (χ3v) is 4.30. The summed E-state index contributed by atoms with van der Waals surface area (Å²) in [6, 6.07) is 16.1. The molecule has 0 saturated carbocycles. The normalized spacial score (nSPS) is 11.4. The number of rotatable bonds is 2. The molecule has 120 valence electrons. The zero-order valence-electron chi connectivity index (χ0n) is 13.6. The monoisotopic (exact) mass is 326 g/mol. The Hall–Kier alpha value is -3.40. The van der Waals surface area contributed by atoms with Crippen LogP contribution in [0.25, 0.3) is 44.6 Å². The van der Waals surface area contributed by atoms with Gasteiger partial charge in [-0.3, -0.25) is 4.98 Å². The van der Waals surface area contributed by atoms with Crippen LogP contribution in [0.15, 0.2) is 76.1 Å². The van der Waals surface area contributed by atoms with E-state index in [1.807, 2.05) is 36.4 Å². The fourth-order valence-corrected chi connectivity index (χ4v) is 3.12. The van der Waals surface area contributed by atoms with E-state index in [-0.39, 0.29) is 0 Å². The lowest BCUT2D eigenvalue weighted by Gasteiger charge is -2.06. The lowest BCUT2D eigenvalue weighted by Crippen LogP contribution is -1.91. The predicted octanol–water partition coefficient (Wildman–Crippen LogP) is 5.61. The Morgan fingerprint density at radius 3 is 2.76 bits per heavy atom. The standard InChI is InChI=1S/C21H14N2O2/c1-13-8-16(20-10-14-4-2-3-5-19(14)25-20)21-17(9-13)23-18(11-22-21)15-6-7-24-12-15/h2-12H,1H3. The van der Waals surface area contributed by atoms with Gasteiger partial charge in [0, 0.05) is 16.5 Å². The Labute approximate surface area is 143 Å². The molecular weight excluding hydrogens is 312 g/mol. The lowest BCUT2D eigenvalue weighted by atomic mass is 10.1.